The third kappa shape index (κ3) is 3.94. The lowest BCUT2D eigenvalue weighted by Gasteiger charge is -2.35. The van der Waals surface area contributed by atoms with Crippen LogP contribution >= 0.6 is 11.8 Å². The van der Waals surface area contributed by atoms with E-state index in [2.05, 4.69) is 9.80 Å². The zero-order chi connectivity index (χ0) is 19.5. The molecule has 9 heteroatoms. The molecule has 4 heterocycles. The first-order chi connectivity index (χ1) is 13.7. The van der Waals surface area contributed by atoms with Gasteiger partial charge in [-0.2, -0.15) is 16.7 Å². The van der Waals surface area contributed by atoms with Crippen molar-refractivity contribution in [1.82, 2.24) is 19.9 Å². The molecule has 2 aromatic heterocycles. The number of carbonyl (C=O) groups excluding carboxylic acids is 1. The Kier molecular flexibility index (Phi) is 5.70. The highest BCUT2D eigenvalue weighted by Crippen LogP contribution is 2.28. The summed E-state index contributed by atoms with van der Waals surface area (Å²) in [6, 6.07) is 4.02. The summed E-state index contributed by atoms with van der Waals surface area (Å²) >= 11 is 1.98. The molecule has 0 aromatic carbocycles. The highest BCUT2D eigenvalue weighted by atomic mass is 32.2. The van der Waals surface area contributed by atoms with Gasteiger partial charge >= 0.3 is 6.09 Å². The van der Waals surface area contributed by atoms with Crippen LogP contribution in [0.15, 0.2) is 12.1 Å². The Labute approximate surface area is 169 Å². The Balaban J connectivity index is 1.61. The molecular weight excluding hydrogens is 376 g/mol. The summed E-state index contributed by atoms with van der Waals surface area (Å²) < 4.78 is 5.11. The van der Waals surface area contributed by atoms with Crippen LogP contribution in [0.25, 0.3) is 11.0 Å². The van der Waals surface area contributed by atoms with Crippen LogP contribution in [0.4, 0.5) is 16.6 Å². The van der Waals surface area contributed by atoms with Gasteiger partial charge in [0.1, 0.15) is 5.52 Å². The zero-order valence-electron chi connectivity index (χ0n) is 16.4. The van der Waals surface area contributed by atoms with Gasteiger partial charge in [-0.05, 0) is 26.0 Å². The molecule has 0 N–H and O–H groups in total. The third-order valence-corrected chi connectivity index (χ3v) is 5.99. The van der Waals surface area contributed by atoms with E-state index in [1.54, 1.807) is 4.90 Å². The van der Waals surface area contributed by atoms with Gasteiger partial charge in [0.25, 0.3) is 0 Å². The maximum Gasteiger partial charge on any atom is 0.409 e. The van der Waals surface area contributed by atoms with E-state index in [-0.39, 0.29) is 6.09 Å². The number of carbonyl (C=O) groups is 1. The van der Waals surface area contributed by atoms with Crippen LogP contribution in [0.3, 0.4) is 0 Å². The third-order valence-electron chi connectivity index (χ3n) is 5.05. The van der Waals surface area contributed by atoms with Gasteiger partial charge in [0, 0.05) is 56.5 Å². The van der Waals surface area contributed by atoms with E-state index in [9.17, 15) is 4.79 Å². The number of hydrogen-bond acceptors (Lipinski definition) is 8. The highest BCUT2D eigenvalue weighted by molar-refractivity contribution is 7.99. The summed E-state index contributed by atoms with van der Waals surface area (Å²) in [5, 5.41) is 0. The molecule has 2 saturated heterocycles. The number of thioether (sulfide) groups is 1. The monoisotopic (exact) mass is 402 g/mol. The summed E-state index contributed by atoms with van der Waals surface area (Å²) in [4.78, 5) is 32.6. The lowest BCUT2D eigenvalue weighted by Crippen LogP contribution is -2.49. The first-order valence-corrected chi connectivity index (χ1v) is 11.0. The number of aromatic nitrogens is 3. The Morgan fingerprint density at radius 3 is 2.50 bits per heavy atom. The fourth-order valence-corrected chi connectivity index (χ4v) is 4.43. The van der Waals surface area contributed by atoms with Crippen LogP contribution in [0.5, 0.6) is 0 Å². The minimum atomic E-state index is -0.243. The van der Waals surface area contributed by atoms with Gasteiger partial charge in [-0.25, -0.2) is 14.8 Å². The Morgan fingerprint density at radius 1 is 1.04 bits per heavy atom. The van der Waals surface area contributed by atoms with Crippen molar-refractivity contribution in [3.63, 3.8) is 0 Å². The lowest BCUT2D eigenvalue weighted by molar-refractivity contribution is 0.105. The molecule has 2 aromatic rings. The lowest BCUT2D eigenvalue weighted by atomic mass is 10.3. The molecule has 0 radical (unpaired) electrons. The first-order valence-electron chi connectivity index (χ1n) is 9.80. The Morgan fingerprint density at radius 2 is 1.79 bits per heavy atom. The number of nitrogens with zero attached hydrogens (tertiary/aromatic N) is 6. The van der Waals surface area contributed by atoms with Gasteiger partial charge in [-0.15, -0.1) is 0 Å². The van der Waals surface area contributed by atoms with Gasteiger partial charge in [0.2, 0.25) is 5.95 Å². The molecule has 0 aliphatic carbocycles. The van der Waals surface area contributed by atoms with E-state index in [1.807, 2.05) is 37.7 Å². The van der Waals surface area contributed by atoms with Crippen LogP contribution in [0.2, 0.25) is 0 Å². The molecule has 0 bridgehead atoms. The summed E-state index contributed by atoms with van der Waals surface area (Å²) in [7, 11) is 0. The number of ether oxygens (including phenoxy) is 1. The second kappa shape index (κ2) is 8.38. The van der Waals surface area contributed by atoms with Crippen molar-refractivity contribution < 1.29 is 9.53 Å². The van der Waals surface area contributed by atoms with Gasteiger partial charge in [0.05, 0.1) is 12.1 Å². The summed E-state index contributed by atoms with van der Waals surface area (Å²) in [5.41, 5.74) is 2.72. The number of rotatable bonds is 3. The molecule has 4 rings (SSSR count). The summed E-state index contributed by atoms with van der Waals surface area (Å²) in [6.07, 6.45) is -0.243. The number of aryl methyl sites for hydroxylation is 1. The highest BCUT2D eigenvalue weighted by Gasteiger charge is 2.25. The quantitative estimate of drug-likeness (QED) is 0.773. The van der Waals surface area contributed by atoms with Crippen molar-refractivity contribution in [2.75, 3.05) is 67.2 Å². The average Bonchev–Trinajstić information content (AvgIpc) is 2.74. The maximum absolute atomic E-state index is 11.9. The molecular formula is C19H26N6O2S. The topological polar surface area (TPSA) is 74.7 Å². The zero-order valence-corrected chi connectivity index (χ0v) is 17.2. The number of amides is 1. The molecule has 0 spiro atoms. The standard InChI is InChI=1S/C19H26N6O2S/c1-3-27-19(26)25-8-6-24(7-9-25)18-21-15-5-4-14(2)20-16(15)17(22-18)23-10-12-28-13-11-23/h4-5H,3,6-13H2,1-2H3. The van der Waals surface area contributed by atoms with E-state index < -0.39 is 0 Å². The first kappa shape index (κ1) is 19.0. The molecule has 8 nitrogen and oxygen atoms in total. The maximum atomic E-state index is 11.9. The predicted molar refractivity (Wildman–Crippen MR) is 112 cm³/mol. The molecule has 0 unspecified atom stereocenters. The molecule has 0 saturated carbocycles. The predicted octanol–water partition coefficient (Wildman–Crippen LogP) is 2.16. The van der Waals surface area contributed by atoms with Gasteiger partial charge in [-0.1, -0.05) is 0 Å². The fourth-order valence-electron chi connectivity index (χ4n) is 3.53. The van der Waals surface area contributed by atoms with E-state index in [1.165, 1.54) is 0 Å². The van der Waals surface area contributed by atoms with E-state index >= 15 is 0 Å². The normalized spacial score (nSPS) is 17.9. The van der Waals surface area contributed by atoms with Gasteiger partial charge in [-0.3, -0.25) is 0 Å². The van der Waals surface area contributed by atoms with Crippen molar-refractivity contribution in [3.8, 4) is 0 Å². The smallest absolute Gasteiger partial charge is 0.409 e. The molecule has 150 valence electrons. The van der Waals surface area contributed by atoms with Crippen molar-refractivity contribution in [2.45, 2.75) is 13.8 Å². The minimum Gasteiger partial charge on any atom is -0.450 e. The van der Waals surface area contributed by atoms with E-state index in [4.69, 9.17) is 19.7 Å². The minimum absolute atomic E-state index is 0.243. The SMILES string of the molecule is CCOC(=O)N1CCN(c2nc(N3CCSCC3)c3nc(C)ccc3n2)CC1. The second-order valence-corrected chi connectivity index (χ2v) is 8.16. The van der Waals surface area contributed by atoms with Crippen molar-refractivity contribution in [3.05, 3.63) is 17.8 Å². The number of pyridine rings is 1. The van der Waals surface area contributed by atoms with E-state index in [0.717, 1.165) is 53.1 Å². The van der Waals surface area contributed by atoms with Crippen molar-refractivity contribution in [1.29, 1.82) is 0 Å². The largest absolute Gasteiger partial charge is 0.450 e. The number of piperazine rings is 1. The molecule has 0 atom stereocenters. The van der Waals surface area contributed by atoms with Crippen molar-refractivity contribution in [2.24, 2.45) is 0 Å². The number of anilines is 2. The molecule has 2 fully saturated rings. The molecule has 1 amide bonds. The Hall–Kier alpha value is -2.29. The number of hydrogen-bond donors (Lipinski definition) is 0. The summed E-state index contributed by atoms with van der Waals surface area (Å²) in [5.74, 6) is 3.85. The van der Waals surface area contributed by atoms with Crippen LogP contribution in [0, 0.1) is 6.92 Å². The molecule has 2 aliphatic heterocycles. The van der Waals surface area contributed by atoms with Gasteiger partial charge < -0.3 is 19.4 Å². The van der Waals surface area contributed by atoms with Crippen molar-refractivity contribution >= 4 is 40.7 Å². The van der Waals surface area contributed by atoms with Crippen LogP contribution < -0.4 is 9.80 Å². The van der Waals surface area contributed by atoms with Gasteiger partial charge in [0.15, 0.2) is 5.82 Å². The van der Waals surface area contributed by atoms with Crippen LogP contribution in [0.1, 0.15) is 12.6 Å². The van der Waals surface area contributed by atoms with Crippen LogP contribution in [-0.4, -0.2) is 83.3 Å². The average molecular weight is 403 g/mol. The second-order valence-electron chi connectivity index (χ2n) is 6.94. The van der Waals surface area contributed by atoms with E-state index in [0.29, 0.717) is 32.8 Å². The summed E-state index contributed by atoms with van der Waals surface area (Å²) in [6.45, 7) is 8.79. The molecule has 28 heavy (non-hydrogen) atoms. The molecule has 2 aliphatic rings. The van der Waals surface area contributed by atoms with Crippen LogP contribution in [-0.2, 0) is 4.74 Å². The fraction of sp³-hybridized carbons (Fsp3) is 0.579. The number of fused-ring (bicyclic) bond motifs is 1. The Bertz CT molecular complexity index is 850.